The first-order valence-corrected chi connectivity index (χ1v) is 12.9. The van der Waals surface area contributed by atoms with Crippen molar-refractivity contribution in [2.24, 2.45) is 0 Å². The second-order valence-electron chi connectivity index (χ2n) is 10.2. The summed E-state index contributed by atoms with van der Waals surface area (Å²) in [5.74, 6) is -0.993. The van der Waals surface area contributed by atoms with Crippen molar-refractivity contribution in [2.45, 2.75) is 31.3 Å². The molecule has 1 N–H and O–H groups in total. The highest BCUT2D eigenvalue weighted by atomic mass is 35.5. The summed E-state index contributed by atoms with van der Waals surface area (Å²) >= 11 is 6.29. The number of nitrogens with zero attached hydrogens (tertiary/aromatic N) is 4. The minimum Gasteiger partial charge on any atom is -0.468 e. The lowest BCUT2D eigenvalue weighted by Gasteiger charge is -2.46. The highest BCUT2D eigenvalue weighted by Crippen LogP contribution is 2.43. The van der Waals surface area contributed by atoms with Crippen molar-refractivity contribution in [2.75, 3.05) is 31.9 Å². The Labute approximate surface area is 227 Å². The van der Waals surface area contributed by atoms with Crippen LogP contribution in [0.5, 0.6) is 5.75 Å². The standard InChI is InChI=1S/C28H25ClF2N4O4/c1-28-8-7-16(35(28)27(36)37)12-34(13-28)25-20-11-21(30)22(23(31)24(20)32-26(29)33-25)19-10-17(39-14-38-2)9-15-5-3-4-6-18(15)19/h3-6,9-11,16H,7-8,12-14H2,1-2H3,(H,36,37)/t16-,28+/m1/s1. The van der Waals surface area contributed by atoms with Crippen molar-refractivity contribution in [3.05, 3.63) is 59.4 Å². The van der Waals surface area contributed by atoms with E-state index in [4.69, 9.17) is 21.1 Å². The summed E-state index contributed by atoms with van der Waals surface area (Å²) in [5.41, 5.74) is -0.734. The number of aromatic nitrogens is 2. The number of ether oxygens (including phenoxy) is 2. The Morgan fingerprint density at radius 2 is 2.00 bits per heavy atom. The van der Waals surface area contributed by atoms with Gasteiger partial charge in [0.15, 0.2) is 12.6 Å². The number of hydrogen-bond acceptors (Lipinski definition) is 6. The van der Waals surface area contributed by atoms with Crippen molar-refractivity contribution >= 4 is 45.2 Å². The molecule has 0 saturated carbocycles. The predicted molar refractivity (Wildman–Crippen MR) is 143 cm³/mol. The molecule has 2 bridgehead atoms. The van der Waals surface area contributed by atoms with Crippen LogP contribution in [0.3, 0.4) is 0 Å². The van der Waals surface area contributed by atoms with Gasteiger partial charge in [0.05, 0.1) is 17.1 Å². The quantitative estimate of drug-likeness (QED) is 0.236. The molecule has 1 aromatic heterocycles. The van der Waals surface area contributed by atoms with Gasteiger partial charge in [-0.3, -0.25) is 4.90 Å². The van der Waals surface area contributed by atoms with Crippen molar-refractivity contribution in [3.8, 4) is 16.9 Å². The number of hydrogen-bond donors (Lipinski definition) is 1. The van der Waals surface area contributed by atoms with Crippen molar-refractivity contribution < 1.29 is 28.2 Å². The van der Waals surface area contributed by atoms with Crippen LogP contribution >= 0.6 is 11.6 Å². The number of methoxy groups -OCH3 is 1. The summed E-state index contributed by atoms with van der Waals surface area (Å²) in [7, 11) is 1.49. The minimum atomic E-state index is -0.976. The average Bonchev–Trinajstić information content (AvgIpc) is 3.12. The molecule has 2 aliphatic heterocycles. The molecule has 0 unspecified atom stereocenters. The average molecular weight is 555 g/mol. The molecule has 4 aromatic rings. The van der Waals surface area contributed by atoms with E-state index in [2.05, 4.69) is 9.97 Å². The van der Waals surface area contributed by atoms with Crippen LogP contribution in [0.1, 0.15) is 19.8 Å². The molecule has 2 aliphatic rings. The molecule has 3 aromatic carbocycles. The molecule has 11 heteroatoms. The molecule has 3 heterocycles. The first kappa shape index (κ1) is 25.5. The monoisotopic (exact) mass is 554 g/mol. The van der Waals surface area contributed by atoms with E-state index in [-0.39, 0.29) is 40.4 Å². The lowest BCUT2D eigenvalue weighted by Crippen LogP contribution is -2.62. The van der Waals surface area contributed by atoms with Crippen LogP contribution in [0.15, 0.2) is 42.5 Å². The van der Waals surface area contributed by atoms with Gasteiger partial charge in [-0.05, 0) is 65.9 Å². The maximum atomic E-state index is 16.3. The number of carboxylic acid groups (broad SMARTS) is 1. The third-order valence-corrected chi connectivity index (χ3v) is 7.88. The molecule has 2 saturated heterocycles. The Kier molecular flexibility index (Phi) is 6.19. The molecule has 8 nitrogen and oxygen atoms in total. The number of amides is 1. The van der Waals surface area contributed by atoms with Crippen molar-refractivity contribution in [3.63, 3.8) is 0 Å². The van der Waals surface area contributed by atoms with Gasteiger partial charge in [-0.1, -0.05) is 24.3 Å². The molecule has 0 radical (unpaired) electrons. The number of fused-ring (bicyclic) bond motifs is 4. The second kappa shape index (κ2) is 9.46. The summed E-state index contributed by atoms with van der Waals surface area (Å²) in [6, 6.07) is 11.5. The van der Waals surface area contributed by atoms with Gasteiger partial charge in [0, 0.05) is 25.6 Å². The van der Waals surface area contributed by atoms with Crippen LogP contribution in [-0.4, -0.2) is 64.6 Å². The molecule has 2 atom stereocenters. The Morgan fingerprint density at radius 3 is 2.74 bits per heavy atom. The molecule has 202 valence electrons. The first-order chi connectivity index (χ1) is 18.7. The Bertz CT molecular complexity index is 1640. The van der Waals surface area contributed by atoms with Gasteiger partial charge in [-0.25, -0.2) is 18.6 Å². The van der Waals surface area contributed by atoms with Crippen molar-refractivity contribution in [1.29, 1.82) is 0 Å². The number of carbonyl (C=O) groups is 1. The van der Waals surface area contributed by atoms with Crippen LogP contribution in [0.25, 0.3) is 32.8 Å². The normalized spacial score (nSPS) is 20.7. The number of anilines is 1. The van der Waals surface area contributed by atoms with Crippen LogP contribution in [0, 0.1) is 11.6 Å². The fourth-order valence-electron chi connectivity index (χ4n) is 6.12. The van der Waals surface area contributed by atoms with E-state index in [9.17, 15) is 9.90 Å². The number of rotatable bonds is 5. The summed E-state index contributed by atoms with van der Waals surface area (Å²) in [6.07, 6.45) is 0.395. The summed E-state index contributed by atoms with van der Waals surface area (Å²) in [5, 5.41) is 11.1. The zero-order valence-corrected chi connectivity index (χ0v) is 22.0. The molecule has 0 aliphatic carbocycles. The molecule has 6 rings (SSSR count). The first-order valence-electron chi connectivity index (χ1n) is 12.5. The zero-order valence-electron chi connectivity index (χ0n) is 21.2. The number of halogens is 3. The van der Waals surface area contributed by atoms with Crippen molar-refractivity contribution in [1.82, 2.24) is 14.9 Å². The van der Waals surface area contributed by atoms with Gasteiger partial charge in [-0.15, -0.1) is 0 Å². The maximum absolute atomic E-state index is 16.3. The molecule has 0 spiro atoms. The van der Waals surface area contributed by atoms with Crippen LogP contribution < -0.4 is 9.64 Å². The molecule has 39 heavy (non-hydrogen) atoms. The third-order valence-electron chi connectivity index (χ3n) is 7.71. The van der Waals surface area contributed by atoms with Gasteiger partial charge in [0.25, 0.3) is 0 Å². The van der Waals surface area contributed by atoms with E-state index < -0.39 is 23.3 Å². The van der Waals surface area contributed by atoms with E-state index in [0.29, 0.717) is 42.6 Å². The smallest absolute Gasteiger partial charge is 0.408 e. The Hall–Kier alpha value is -3.76. The van der Waals surface area contributed by atoms with Crippen LogP contribution in [-0.2, 0) is 4.74 Å². The lowest BCUT2D eigenvalue weighted by atomic mass is 9.95. The topological polar surface area (TPSA) is 88.0 Å². The zero-order chi connectivity index (χ0) is 27.5. The van der Waals surface area contributed by atoms with E-state index in [0.717, 1.165) is 5.39 Å². The fraction of sp³-hybridized carbons (Fsp3) is 0.321. The van der Waals surface area contributed by atoms with Gasteiger partial charge < -0.3 is 19.5 Å². The minimum absolute atomic E-state index is 0.0261. The SMILES string of the molecule is COCOc1cc(-c2c(F)cc3c(N4C[C@H]5CC[C@@](C)(C4)N5C(=O)O)nc(Cl)nc3c2F)c2ccccc2c1. The molecule has 2 fully saturated rings. The van der Waals surface area contributed by atoms with E-state index in [1.165, 1.54) is 18.1 Å². The molecular formula is C28H25ClF2N4O4. The summed E-state index contributed by atoms with van der Waals surface area (Å²) in [6.45, 7) is 2.49. The van der Waals surface area contributed by atoms with E-state index >= 15 is 8.78 Å². The summed E-state index contributed by atoms with van der Waals surface area (Å²) < 4.78 is 42.8. The second-order valence-corrected chi connectivity index (χ2v) is 10.6. The predicted octanol–water partition coefficient (Wildman–Crippen LogP) is 6.09. The number of benzene rings is 3. The van der Waals surface area contributed by atoms with E-state index in [1.807, 2.05) is 24.0 Å². The van der Waals surface area contributed by atoms with Gasteiger partial charge in [0.2, 0.25) is 5.28 Å². The van der Waals surface area contributed by atoms with Crippen LogP contribution in [0.4, 0.5) is 19.4 Å². The largest absolute Gasteiger partial charge is 0.468 e. The van der Waals surface area contributed by atoms with Gasteiger partial charge >= 0.3 is 6.09 Å². The molecule has 1 amide bonds. The molecular weight excluding hydrogens is 530 g/mol. The lowest BCUT2D eigenvalue weighted by molar-refractivity contribution is 0.0512. The number of piperazine rings is 1. The Balaban J connectivity index is 1.51. The van der Waals surface area contributed by atoms with E-state index in [1.54, 1.807) is 24.3 Å². The van der Waals surface area contributed by atoms with Gasteiger partial charge in [0.1, 0.15) is 22.9 Å². The summed E-state index contributed by atoms with van der Waals surface area (Å²) in [4.78, 5) is 23.8. The highest BCUT2D eigenvalue weighted by molar-refractivity contribution is 6.29. The maximum Gasteiger partial charge on any atom is 0.408 e. The van der Waals surface area contributed by atoms with Gasteiger partial charge in [-0.2, -0.15) is 4.98 Å². The Morgan fingerprint density at radius 1 is 1.21 bits per heavy atom. The third kappa shape index (κ3) is 4.18. The highest BCUT2D eigenvalue weighted by Gasteiger charge is 2.51. The van der Waals surface area contributed by atoms with Crippen LogP contribution in [0.2, 0.25) is 5.28 Å². The fourth-order valence-corrected chi connectivity index (χ4v) is 6.28.